The van der Waals surface area contributed by atoms with Crippen LogP contribution in [0.3, 0.4) is 0 Å². The molecule has 0 bridgehead atoms. The molecule has 0 radical (unpaired) electrons. The number of carbonyl (C=O) groups is 1. The zero-order valence-corrected chi connectivity index (χ0v) is 10.5. The Bertz CT molecular complexity index is 648. The molecule has 3 N–H and O–H groups in total. The Morgan fingerprint density at radius 2 is 2.28 bits per heavy atom. The fourth-order valence-electron chi connectivity index (χ4n) is 1.38. The van der Waals surface area contributed by atoms with Gasteiger partial charge in [-0.1, -0.05) is 0 Å². The van der Waals surface area contributed by atoms with Gasteiger partial charge in [-0.25, -0.2) is 15.0 Å². The van der Waals surface area contributed by atoms with Crippen LogP contribution in [-0.4, -0.2) is 20.1 Å². The smallest absolute Gasteiger partial charge is 0.364 e. The first-order valence-electron chi connectivity index (χ1n) is 4.96. The number of rotatable bonds is 3. The van der Waals surface area contributed by atoms with Gasteiger partial charge in [0.1, 0.15) is 10.6 Å². The zero-order chi connectivity index (χ0) is 13.3. The van der Waals surface area contributed by atoms with Gasteiger partial charge in [0, 0.05) is 20.2 Å². The third kappa shape index (κ3) is 2.08. The molecule has 2 heterocycles. The molecule has 2 rings (SSSR count). The minimum atomic E-state index is -0.914. The van der Waals surface area contributed by atoms with Crippen molar-refractivity contribution < 1.29 is 14.0 Å². The van der Waals surface area contributed by atoms with E-state index in [9.17, 15) is 9.59 Å². The Hall–Kier alpha value is -1.90. The topological polar surface area (TPSA) is 97.8 Å². The summed E-state index contributed by atoms with van der Waals surface area (Å²) in [6.07, 6.45) is 0. The highest BCUT2D eigenvalue weighted by molar-refractivity contribution is 7.22. The van der Waals surface area contributed by atoms with E-state index in [4.69, 9.17) is 10.3 Å². The maximum Gasteiger partial charge on any atom is 0.364 e. The molecular weight excluding hydrogens is 258 g/mol. The van der Waals surface area contributed by atoms with Crippen molar-refractivity contribution in [2.24, 2.45) is 5.90 Å². The first kappa shape index (κ1) is 12.6. The van der Waals surface area contributed by atoms with E-state index in [-0.39, 0.29) is 5.56 Å². The lowest BCUT2D eigenvalue weighted by Crippen LogP contribution is -2.29. The Kier molecular flexibility index (Phi) is 3.32. The normalized spacial score (nSPS) is 10.6. The minimum Gasteiger partial charge on any atom is -0.421 e. The van der Waals surface area contributed by atoms with E-state index in [2.05, 4.69) is 10.3 Å². The molecule has 18 heavy (non-hydrogen) atoms. The molecule has 0 saturated carbocycles. The molecule has 0 saturated heterocycles. The molecule has 96 valence electrons. The Morgan fingerprint density at radius 3 is 2.89 bits per heavy atom. The van der Waals surface area contributed by atoms with Crippen molar-refractivity contribution in [3.8, 4) is 0 Å². The first-order valence-corrected chi connectivity index (χ1v) is 5.78. The van der Waals surface area contributed by atoms with Crippen molar-refractivity contribution in [3.05, 3.63) is 28.1 Å². The minimum absolute atomic E-state index is 0.217. The van der Waals surface area contributed by atoms with Gasteiger partial charge in [0.2, 0.25) is 0 Å². The molecule has 0 amide bonds. The molecule has 2 aromatic heterocycles. The Morgan fingerprint density at radius 1 is 1.56 bits per heavy atom. The number of nitrogens with one attached hydrogen (secondary N) is 1. The number of carbonyl (C=O) groups excluding carboxylic acids is 1. The zero-order valence-electron chi connectivity index (χ0n) is 9.72. The van der Waals surface area contributed by atoms with Gasteiger partial charge in [-0.2, -0.15) is 5.90 Å². The van der Waals surface area contributed by atoms with Crippen molar-refractivity contribution in [2.45, 2.75) is 0 Å². The van der Waals surface area contributed by atoms with Gasteiger partial charge in [0.25, 0.3) is 0 Å². The second-order valence-electron chi connectivity index (χ2n) is 3.45. The van der Waals surface area contributed by atoms with Crippen molar-refractivity contribution >= 4 is 32.6 Å². The lowest BCUT2D eigenvalue weighted by Gasteiger charge is -2.13. The van der Waals surface area contributed by atoms with E-state index in [1.54, 1.807) is 18.1 Å². The average molecular weight is 269 g/mol. The highest BCUT2D eigenvalue weighted by atomic mass is 32.1. The molecule has 7 nitrogen and oxygen atoms in total. The summed E-state index contributed by atoms with van der Waals surface area (Å²) >= 11 is 1.36. The quantitative estimate of drug-likeness (QED) is 0.781. The highest BCUT2D eigenvalue weighted by Crippen LogP contribution is 2.30. The lowest BCUT2D eigenvalue weighted by atomic mass is 10.3. The molecule has 0 spiro atoms. The molecule has 0 aliphatic heterocycles. The van der Waals surface area contributed by atoms with E-state index in [0.717, 1.165) is 5.00 Å². The summed E-state index contributed by atoms with van der Waals surface area (Å²) in [5.74, 6) is 3.83. The summed E-state index contributed by atoms with van der Waals surface area (Å²) in [7, 11) is 3.58. The van der Waals surface area contributed by atoms with Crippen molar-refractivity contribution in [3.63, 3.8) is 0 Å². The molecule has 0 aliphatic carbocycles. The van der Waals surface area contributed by atoms with E-state index in [1.165, 1.54) is 17.4 Å². The first-order chi connectivity index (χ1) is 8.56. The average Bonchev–Trinajstić information content (AvgIpc) is 2.78. The van der Waals surface area contributed by atoms with Crippen LogP contribution in [0.5, 0.6) is 0 Å². The number of fused-ring (bicyclic) bond motifs is 1. The van der Waals surface area contributed by atoms with Crippen molar-refractivity contribution in [1.82, 2.24) is 5.43 Å². The predicted molar refractivity (Wildman–Crippen MR) is 67.4 cm³/mol. The molecule has 0 unspecified atom stereocenters. The second kappa shape index (κ2) is 4.77. The largest absolute Gasteiger partial charge is 0.421 e. The number of hydrogen-bond acceptors (Lipinski definition) is 8. The van der Waals surface area contributed by atoms with Crippen LogP contribution in [0.4, 0.5) is 5.00 Å². The molecule has 0 aliphatic rings. The van der Waals surface area contributed by atoms with Crippen LogP contribution >= 0.6 is 11.3 Å². The Balaban J connectivity index is 2.57. The summed E-state index contributed by atoms with van der Waals surface area (Å²) in [6.45, 7) is 0. The van der Waals surface area contributed by atoms with E-state index >= 15 is 0 Å². The summed E-state index contributed by atoms with van der Waals surface area (Å²) in [6, 6.07) is 3.11. The monoisotopic (exact) mass is 269 g/mol. The van der Waals surface area contributed by atoms with E-state index in [1.807, 2.05) is 7.05 Å². The van der Waals surface area contributed by atoms with Crippen LogP contribution in [0.1, 0.15) is 10.4 Å². The van der Waals surface area contributed by atoms with Gasteiger partial charge in [0.05, 0.1) is 4.70 Å². The van der Waals surface area contributed by atoms with Gasteiger partial charge < -0.3 is 14.3 Å². The molecule has 0 aromatic carbocycles. The van der Waals surface area contributed by atoms with E-state index < -0.39 is 11.6 Å². The van der Waals surface area contributed by atoms with Crippen molar-refractivity contribution in [1.29, 1.82) is 0 Å². The summed E-state index contributed by atoms with van der Waals surface area (Å²) in [4.78, 5) is 26.8. The van der Waals surface area contributed by atoms with Crippen molar-refractivity contribution in [2.75, 3.05) is 19.1 Å². The van der Waals surface area contributed by atoms with Crippen LogP contribution in [-0.2, 0) is 4.84 Å². The Labute approximate surface area is 106 Å². The number of nitrogens with zero attached hydrogens (tertiary/aromatic N) is 1. The van der Waals surface area contributed by atoms with Gasteiger partial charge in [-0.05, 0) is 6.07 Å². The standard InChI is InChI=1S/C10H11N3O4S/c1-12-13(2)8-4-6-7(18-8)3-5(9(14)16-6)10(15)17-11/h3-4,12H,11H2,1-2H3. The number of thiophene rings is 1. The summed E-state index contributed by atoms with van der Waals surface area (Å²) < 4.78 is 5.69. The van der Waals surface area contributed by atoms with Gasteiger partial charge in [0.15, 0.2) is 5.58 Å². The maximum absolute atomic E-state index is 11.5. The van der Waals surface area contributed by atoms with E-state index in [0.29, 0.717) is 10.3 Å². The molecule has 0 fully saturated rings. The van der Waals surface area contributed by atoms with Gasteiger partial charge >= 0.3 is 11.6 Å². The van der Waals surface area contributed by atoms with Crippen LogP contribution in [0.15, 0.2) is 21.3 Å². The SMILES string of the molecule is CNN(C)c1cc2oc(=O)c(C(=O)ON)cc2s1. The van der Waals surface area contributed by atoms with Crippen LogP contribution in [0, 0.1) is 0 Å². The molecular formula is C10H11N3O4S. The summed E-state index contributed by atoms with van der Waals surface area (Å²) in [5, 5.41) is 2.60. The van der Waals surface area contributed by atoms with Crippen LogP contribution < -0.4 is 22.0 Å². The third-order valence-corrected chi connectivity index (χ3v) is 3.54. The number of hydrazine groups is 1. The second-order valence-corrected chi connectivity index (χ2v) is 4.51. The highest BCUT2D eigenvalue weighted by Gasteiger charge is 2.16. The van der Waals surface area contributed by atoms with Crippen LogP contribution in [0.2, 0.25) is 0 Å². The van der Waals surface area contributed by atoms with Gasteiger partial charge in [-0.3, -0.25) is 0 Å². The third-order valence-electron chi connectivity index (χ3n) is 2.40. The number of nitrogens with two attached hydrogens (primary N) is 1. The molecule has 0 atom stereocenters. The fourth-order valence-corrected chi connectivity index (χ4v) is 2.38. The fraction of sp³-hybridized carbons (Fsp3) is 0.200. The predicted octanol–water partition coefficient (Wildman–Crippen LogP) is 0.456. The summed E-state index contributed by atoms with van der Waals surface area (Å²) in [5.41, 5.74) is 2.34. The van der Waals surface area contributed by atoms with Gasteiger partial charge in [-0.15, -0.1) is 11.3 Å². The number of hydrogen-bond donors (Lipinski definition) is 2. The lowest BCUT2D eigenvalue weighted by molar-refractivity contribution is 0.0499. The number of anilines is 1. The molecule has 8 heteroatoms. The molecule has 2 aromatic rings. The van der Waals surface area contributed by atoms with Crippen LogP contribution in [0.25, 0.3) is 10.3 Å². The maximum atomic E-state index is 11.5.